The van der Waals surface area contributed by atoms with Gasteiger partial charge in [0.15, 0.2) is 5.82 Å². The first kappa shape index (κ1) is 23.2. The molecule has 1 aromatic carbocycles. The highest BCUT2D eigenvalue weighted by atomic mass is 19.1. The van der Waals surface area contributed by atoms with Crippen molar-refractivity contribution in [2.24, 2.45) is 21.6 Å². The molecule has 4 rings (SSSR count). The van der Waals surface area contributed by atoms with Crippen molar-refractivity contribution in [2.75, 3.05) is 13.1 Å². The molecule has 1 atom stereocenters. The van der Waals surface area contributed by atoms with Crippen molar-refractivity contribution >= 4 is 11.8 Å². The number of rotatable bonds is 9. The van der Waals surface area contributed by atoms with Crippen molar-refractivity contribution < 1.29 is 18.5 Å². The number of nitrogens with one attached hydrogen (secondary N) is 2. The van der Waals surface area contributed by atoms with Crippen LogP contribution in [0.5, 0.6) is 0 Å². The molecule has 0 radical (unpaired) electrons. The lowest BCUT2D eigenvalue weighted by Gasteiger charge is -2.27. The topological polar surface area (TPSA) is 122 Å². The Bertz CT molecular complexity index is 1190. The lowest BCUT2D eigenvalue weighted by Crippen LogP contribution is -2.40. The van der Waals surface area contributed by atoms with Gasteiger partial charge in [-0.3, -0.25) is 9.59 Å². The second-order valence-electron chi connectivity index (χ2n) is 8.88. The summed E-state index contributed by atoms with van der Waals surface area (Å²) in [5, 5.41) is 17.8. The maximum Gasteiger partial charge on any atom is 0.276 e. The van der Waals surface area contributed by atoms with Crippen LogP contribution >= 0.6 is 0 Å². The number of azo groups is 1. The molecule has 0 spiro atoms. The summed E-state index contributed by atoms with van der Waals surface area (Å²) in [5.41, 5.74) is 1.14. The van der Waals surface area contributed by atoms with E-state index in [1.807, 2.05) is 32.1 Å². The summed E-state index contributed by atoms with van der Waals surface area (Å²) in [6.45, 7) is 4.98. The first-order valence-corrected chi connectivity index (χ1v) is 10.9. The van der Waals surface area contributed by atoms with Crippen molar-refractivity contribution in [2.45, 2.75) is 26.7 Å². The molecule has 0 fully saturated rings. The van der Waals surface area contributed by atoms with Gasteiger partial charge < -0.3 is 15.2 Å². The Morgan fingerprint density at radius 2 is 1.94 bits per heavy atom. The fraction of sp³-hybridized carbons (Fsp3) is 0.333. The number of carbonyl (C=O) groups is 2. The van der Waals surface area contributed by atoms with Crippen LogP contribution in [0.3, 0.4) is 0 Å². The summed E-state index contributed by atoms with van der Waals surface area (Å²) in [4.78, 5) is 28.5. The van der Waals surface area contributed by atoms with E-state index in [9.17, 15) is 14.0 Å². The van der Waals surface area contributed by atoms with Crippen LogP contribution in [0, 0.1) is 17.2 Å². The van der Waals surface area contributed by atoms with Crippen molar-refractivity contribution in [3.05, 3.63) is 71.7 Å². The summed E-state index contributed by atoms with van der Waals surface area (Å²) in [6.07, 6.45) is 7.83. The van der Waals surface area contributed by atoms with Gasteiger partial charge in [0, 0.05) is 37.1 Å². The Hall–Kier alpha value is -3.95. The van der Waals surface area contributed by atoms with Crippen LogP contribution in [0.1, 0.15) is 26.2 Å². The van der Waals surface area contributed by atoms with E-state index in [1.54, 1.807) is 18.2 Å². The summed E-state index contributed by atoms with van der Waals surface area (Å²) in [5.74, 6) is 0.0954. The van der Waals surface area contributed by atoms with E-state index >= 15 is 0 Å². The Kier molecular flexibility index (Phi) is 6.76. The fourth-order valence-corrected chi connectivity index (χ4v) is 3.44. The monoisotopic (exact) mass is 464 g/mol. The van der Waals surface area contributed by atoms with Gasteiger partial charge in [-0.25, -0.2) is 4.39 Å². The van der Waals surface area contributed by atoms with Crippen LogP contribution in [-0.2, 0) is 16.0 Å². The number of nitrogens with zero attached hydrogens (tertiary/aromatic N) is 4. The maximum atomic E-state index is 13.1. The van der Waals surface area contributed by atoms with Crippen molar-refractivity contribution in [3.8, 4) is 11.4 Å². The average Bonchev–Trinajstić information content (AvgIpc) is 3.31. The Balaban J connectivity index is 1.24. The normalized spacial score (nSPS) is 17.1. The van der Waals surface area contributed by atoms with E-state index in [0.717, 1.165) is 5.57 Å². The predicted molar refractivity (Wildman–Crippen MR) is 121 cm³/mol. The minimum absolute atomic E-state index is 0.139. The number of aromatic nitrogens is 2. The van der Waals surface area contributed by atoms with Gasteiger partial charge in [-0.2, -0.15) is 4.98 Å². The lowest BCUT2D eigenvalue weighted by atomic mass is 9.91. The van der Waals surface area contributed by atoms with Gasteiger partial charge in [0.2, 0.25) is 17.6 Å². The summed E-state index contributed by atoms with van der Waals surface area (Å²) in [6, 6.07) is 5.78. The number of carbonyl (C=O) groups excluding carboxylic acids is 2. The molecule has 2 aromatic rings. The van der Waals surface area contributed by atoms with E-state index in [1.165, 1.54) is 12.1 Å². The zero-order valence-electron chi connectivity index (χ0n) is 18.9. The molecule has 1 aliphatic heterocycles. The molecule has 9 nitrogen and oxygen atoms in total. The number of fused-ring (bicyclic) bond motifs is 1. The molecular weight excluding hydrogens is 439 g/mol. The Labute approximate surface area is 195 Å². The van der Waals surface area contributed by atoms with Crippen molar-refractivity contribution in [3.63, 3.8) is 0 Å². The molecule has 2 amide bonds. The van der Waals surface area contributed by atoms with Gasteiger partial charge in [-0.1, -0.05) is 43.3 Å². The van der Waals surface area contributed by atoms with E-state index in [4.69, 9.17) is 4.52 Å². The van der Waals surface area contributed by atoms with Crippen LogP contribution in [0.15, 0.2) is 74.7 Å². The lowest BCUT2D eigenvalue weighted by molar-refractivity contribution is -0.122. The zero-order valence-corrected chi connectivity index (χ0v) is 18.9. The van der Waals surface area contributed by atoms with Crippen molar-refractivity contribution in [1.29, 1.82) is 0 Å². The first-order valence-electron chi connectivity index (χ1n) is 10.9. The molecule has 0 saturated heterocycles. The third kappa shape index (κ3) is 5.69. The van der Waals surface area contributed by atoms with Gasteiger partial charge in [-0.15, -0.1) is 10.2 Å². The van der Waals surface area contributed by atoms with Crippen LogP contribution in [0.4, 0.5) is 4.39 Å². The molecular formula is C24H25FN6O3. The number of hydrogen-bond acceptors (Lipinski definition) is 7. The minimum atomic E-state index is -0.402. The molecule has 1 aromatic heterocycles. The maximum absolute atomic E-state index is 13.1. The summed E-state index contributed by atoms with van der Waals surface area (Å²) >= 11 is 0. The van der Waals surface area contributed by atoms with E-state index in [2.05, 4.69) is 31.0 Å². The molecule has 0 bridgehead atoms. The van der Waals surface area contributed by atoms with E-state index in [0.29, 0.717) is 42.6 Å². The number of aryl methyl sites for hydroxylation is 1. The van der Waals surface area contributed by atoms with Gasteiger partial charge >= 0.3 is 0 Å². The highest BCUT2D eigenvalue weighted by molar-refractivity contribution is 5.86. The first-order chi connectivity index (χ1) is 16.3. The molecule has 2 aliphatic rings. The van der Waals surface area contributed by atoms with Crippen molar-refractivity contribution in [1.82, 2.24) is 20.8 Å². The van der Waals surface area contributed by atoms with E-state index < -0.39 is 5.92 Å². The minimum Gasteiger partial charge on any atom is -0.368 e. The molecule has 1 aliphatic carbocycles. The number of halogens is 1. The number of benzene rings is 1. The second-order valence-corrected chi connectivity index (χ2v) is 8.88. The van der Waals surface area contributed by atoms with Crippen LogP contribution < -0.4 is 10.6 Å². The quantitative estimate of drug-likeness (QED) is 0.586. The molecule has 10 heteroatoms. The molecule has 1 unspecified atom stereocenters. The second kappa shape index (κ2) is 9.90. The Morgan fingerprint density at radius 1 is 1.15 bits per heavy atom. The SMILES string of the molecule is CC(C)(CNC(=O)CCc1nc(-c2ccc(F)cc2)no1)CNC1=C2C=CC=CC2C(=O)N=N1. The van der Waals surface area contributed by atoms with Crippen LogP contribution in [-0.4, -0.2) is 35.0 Å². The highest BCUT2D eigenvalue weighted by Crippen LogP contribution is 2.28. The standard InChI is InChI=1S/C24H25FN6O3/c1-24(2,14-27-22-17-5-3-4-6-18(17)23(33)30-29-22)13-26-19(32)11-12-20-28-21(31-34-20)15-7-9-16(25)10-8-15/h3-10,18,27H,11-14H2,1-2H3,(H,26,32). The third-order valence-corrected chi connectivity index (χ3v) is 5.45. The smallest absolute Gasteiger partial charge is 0.276 e. The van der Waals surface area contributed by atoms with E-state index in [-0.39, 0.29) is 29.5 Å². The summed E-state index contributed by atoms with van der Waals surface area (Å²) in [7, 11) is 0. The fourth-order valence-electron chi connectivity index (χ4n) is 3.44. The van der Waals surface area contributed by atoms with Gasteiger partial charge in [0.1, 0.15) is 5.82 Å². The summed E-state index contributed by atoms with van der Waals surface area (Å²) < 4.78 is 18.3. The largest absolute Gasteiger partial charge is 0.368 e. The van der Waals surface area contributed by atoms with Gasteiger partial charge in [0.25, 0.3) is 5.91 Å². The van der Waals surface area contributed by atoms with Crippen LogP contribution in [0.25, 0.3) is 11.4 Å². The average molecular weight is 465 g/mol. The number of allylic oxidation sites excluding steroid dienone is 3. The molecule has 2 heterocycles. The third-order valence-electron chi connectivity index (χ3n) is 5.45. The molecule has 2 N–H and O–H groups in total. The zero-order chi connectivity index (χ0) is 24.1. The van der Waals surface area contributed by atoms with Crippen LogP contribution in [0.2, 0.25) is 0 Å². The molecule has 0 saturated carbocycles. The van der Waals surface area contributed by atoms with Gasteiger partial charge in [0.05, 0.1) is 5.92 Å². The Morgan fingerprint density at radius 3 is 2.74 bits per heavy atom. The number of amides is 2. The van der Waals surface area contributed by atoms with Gasteiger partial charge in [-0.05, 0) is 29.7 Å². The highest BCUT2D eigenvalue weighted by Gasteiger charge is 2.28. The molecule has 176 valence electrons. The number of hydrogen-bond donors (Lipinski definition) is 2. The predicted octanol–water partition coefficient (Wildman–Crippen LogP) is 3.49. The molecule has 34 heavy (non-hydrogen) atoms.